The minimum atomic E-state index is -1.56. The fourth-order valence-electron chi connectivity index (χ4n) is 1.21. The first-order chi connectivity index (χ1) is 7.52. The first-order valence-electron chi connectivity index (χ1n) is 4.30. The zero-order chi connectivity index (χ0) is 12.3. The van der Waals surface area contributed by atoms with Gasteiger partial charge in [0.1, 0.15) is 16.6 Å². The highest BCUT2D eigenvalue weighted by molar-refractivity contribution is 6.32. The Bertz CT molecular complexity index is 408. The van der Waals surface area contributed by atoms with Crippen molar-refractivity contribution >= 4 is 17.6 Å². The van der Waals surface area contributed by atoms with Gasteiger partial charge in [-0.05, 0) is 12.1 Å². The molecule has 1 aromatic carbocycles. The van der Waals surface area contributed by atoms with Crippen LogP contribution in [0.2, 0.25) is 5.02 Å². The molecule has 1 unspecified atom stereocenters. The number of benzene rings is 1. The molecule has 1 atom stereocenters. The molecule has 0 radical (unpaired) electrons. The Balaban J connectivity index is 3.23. The van der Waals surface area contributed by atoms with Gasteiger partial charge in [0.15, 0.2) is 6.10 Å². The molecule has 0 saturated heterocycles. The minimum absolute atomic E-state index is 0.0563. The average Bonchev–Trinajstić information content (AvgIpc) is 2.30. The van der Waals surface area contributed by atoms with Crippen LogP contribution in [0.1, 0.15) is 11.7 Å². The van der Waals surface area contributed by atoms with Gasteiger partial charge in [-0.3, -0.25) is 0 Å². The molecule has 0 fully saturated rings. The number of aliphatic hydroxyl groups is 1. The number of aliphatic hydroxyl groups excluding tert-OH is 1. The summed E-state index contributed by atoms with van der Waals surface area (Å²) in [6.45, 7) is 0. The highest BCUT2D eigenvalue weighted by atomic mass is 35.5. The van der Waals surface area contributed by atoms with Gasteiger partial charge in [-0.1, -0.05) is 11.6 Å². The standard InChI is InChI=1S/C10H10ClFO4/c1-15-9-5(8(13)10(14)16-2)3-4-6(12)7(9)11/h3-4,8,13H,1-2H3. The SMILES string of the molecule is COC(=O)C(O)c1ccc(F)c(Cl)c1OC. The summed E-state index contributed by atoms with van der Waals surface area (Å²) in [5, 5.41) is 9.29. The van der Waals surface area contributed by atoms with Gasteiger partial charge in [0.25, 0.3) is 0 Å². The lowest BCUT2D eigenvalue weighted by Gasteiger charge is -2.14. The number of halogens is 2. The second kappa shape index (κ2) is 5.14. The predicted octanol–water partition coefficient (Wildman–Crippen LogP) is 1.69. The van der Waals surface area contributed by atoms with Gasteiger partial charge in [0.2, 0.25) is 0 Å². The molecular weight excluding hydrogens is 239 g/mol. The molecule has 0 aliphatic heterocycles. The van der Waals surface area contributed by atoms with E-state index in [1.807, 2.05) is 0 Å². The van der Waals surface area contributed by atoms with E-state index in [-0.39, 0.29) is 16.3 Å². The number of esters is 1. The summed E-state index contributed by atoms with van der Waals surface area (Å²) in [5.41, 5.74) is 0.0563. The van der Waals surface area contributed by atoms with Gasteiger partial charge in [-0.25, -0.2) is 9.18 Å². The average molecular weight is 249 g/mol. The van der Waals surface area contributed by atoms with E-state index in [1.165, 1.54) is 13.2 Å². The number of hydrogen-bond donors (Lipinski definition) is 1. The molecule has 0 aliphatic carbocycles. The Morgan fingerprint density at radius 3 is 2.62 bits per heavy atom. The van der Waals surface area contributed by atoms with E-state index in [1.54, 1.807) is 0 Å². The Kier molecular flexibility index (Phi) is 4.09. The third kappa shape index (κ3) is 2.25. The van der Waals surface area contributed by atoms with Gasteiger partial charge in [-0.15, -0.1) is 0 Å². The van der Waals surface area contributed by atoms with Crippen LogP contribution in [0, 0.1) is 5.82 Å². The maximum absolute atomic E-state index is 13.1. The summed E-state index contributed by atoms with van der Waals surface area (Å²) in [4.78, 5) is 11.1. The highest BCUT2D eigenvalue weighted by Crippen LogP contribution is 2.34. The molecule has 0 bridgehead atoms. The van der Waals surface area contributed by atoms with Crippen LogP contribution in [0.25, 0.3) is 0 Å². The van der Waals surface area contributed by atoms with E-state index in [4.69, 9.17) is 16.3 Å². The monoisotopic (exact) mass is 248 g/mol. The molecular formula is C10H10ClFO4. The zero-order valence-corrected chi connectivity index (χ0v) is 9.42. The topological polar surface area (TPSA) is 55.8 Å². The summed E-state index contributed by atoms with van der Waals surface area (Å²) in [6.07, 6.45) is -1.56. The minimum Gasteiger partial charge on any atom is -0.495 e. The van der Waals surface area contributed by atoms with E-state index >= 15 is 0 Å². The molecule has 0 aromatic heterocycles. The largest absolute Gasteiger partial charge is 0.495 e. The van der Waals surface area contributed by atoms with Crippen LogP contribution < -0.4 is 4.74 Å². The molecule has 0 saturated carbocycles. The normalized spacial score (nSPS) is 12.1. The lowest BCUT2D eigenvalue weighted by Crippen LogP contribution is -2.14. The van der Waals surface area contributed by atoms with Crippen LogP contribution in [-0.2, 0) is 9.53 Å². The zero-order valence-electron chi connectivity index (χ0n) is 8.66. The van der Waals surface area contributed by atoms with Crippen molar-refractivity contribution in [3.8, 4) is 5.75 Å². The first-order valence-corrected chi connectivity index (χ1v) is 4.68. The Morgan fingerprint density at radius 2 is 2.12 bits per heavy atom. The quantitative estimate of drug-likeness (QED) is 0.827. The summed E-state index contributed by atoms with van der Waals surface area (Å²) in [5.74, 6) is -1.65. The van der Waals surface area contributed by atoms with Crippen molar-refractivity contribution in [3.63, 3.8) is 0 Å². The second-order valence-electron chi connectivity index (χ2n) is 2.91. The number of methoxy groups -OCH3 is 2. The summed E-state index contributed by atoms with van der Waals surface area (Å²) < 4.78 is 22.3. The molecule has 1 N–H and O–H groups in total. The van der Waals surface area contributed by atoms with E-state index in [0.29, 0.717) is 0 Å². The van der Waals surface area contributed by atoms with Gasteiger partial charge in [0, 0.05) is 5.56 Å². The van der Waals surface area contributed by atoms with Crippen LogP contribution in [0.3, 0.4) is 0 Å². The van der Waals surface area contributed by atoms with Crippen molar-refractivity contribution in [3.05, 3.63) is 28.5 Å². The third-order valence-electron chi connectivity index (χ3n) is 2.00. The number of ether oxygens (including phenoxy) is 2. The lowest BCUT2D eigenvalue weighted by atomic mass is 10.1. The van der Waals surface area contributed by atoms with Crippen LogP contribution in [0.15, 0.2) is 12.1 Å². The Hall–Kier alpha value is -1.33. The maximum Gasteiger partial charge on any atom is 0.339 e. The molecule has 4 nitrogen and oxygen atoms in total. The lowest BCUT2D eigenvalue weighted by molar-refractivity contribution is -0.150. The first kappa shape index (κ1) is 12.7. The fourth-order valence-corrected chi connectivity index (χ4v) is 1.46. The molecule has 16 heavy (non-hydrogen) atoms. The van der Waals surface area contributed by atoms with E-state index < -0.39 is 17.9 Å². The molecule has 0 heterocycles. The summed E-state index contributed by atoms with van der Waals surface area (Å²) >= 11 is 5.63. The fraction of sp³-hybridized carbons (Fsp3) is 0.300. The van der Waals surface area contributed by atoms with Crippen molar-refractivity contribution < 1.29 is 23.8 Å². The van der Waals surface area contributed by atoms with Crippen LogP contribution in [0.4, 0.5) is 4.39 Å². The van der Waals surface area contributed by atoms with E-state index in [2.05, 4.69) is 4.74 Å². The van der Waals surface area contributed by atoms with Crippen LogP contribution in [0.5, 0.6) is 5.75 Å². The summed E-state index contributed by atoms with van der Waals surface area (Å²) in [6, 6.07) is 2.24. The van der Waals surface area contributed by atoms with Crippen molar-refractivity contribution in [2.24, 2.45) is 0 Å². The van der Waals surface area contributed by atoms with Gasteiger partial charge < -0.3 is 14.6 Å². The Morgan fingerprint density at radius 1 is 1.50 bits per heavy atom. The number of carbonyl (C=O) groups is 1. The van der Waals surface area contributed by atoms with Crippen LogP contribution in [-0.4, -0.2) is 25.3 Å². The molecule has 0 spiro atoms. The smallest absolute Gasteiger partial charge is 0.339 e. The molecule has 6 heteroatoms. The van der Waals surface area contributed by atoms with Gasteiger partial charge >= 0.3 is 5.97 Å². The maximum atomic E-state index is 13.1. The Labute approximate surface area is 96.5 Å². The number of carbonyl (C=O) groups excluding carboxylic acids is 1. The third-order valence-corrected chi connectivity index (χ3v) is 2.36. The van der Waals surface area contributed by atoms with Crippen molar-refractivity contribution in [2.45, 2.75) is 6.10 Å². The molecule has 1 rings (SSSR count). The predicted molar refractivity (Wildman–Crippen MR) is 54.9 cm³/mol. The van der Waals surface area contributed by atoms with Gasteiger partial charge in [0.05, 0.1) is 14.2 Å². The molecule has 88 valence electrons. The number of rotatable bonds is 3. The van der Waals surface area contributed by atoms with Crippen molar-refractivity contribution in [1.29, 1.82) is 0 Å². The molecule has 0 amide bonds. The van der Waals surface area contributed by atoms with Crippen molar-refractivity contribution in [2.75, 3.05) is 14.2 Å². The van der Waals surface area contributed by atoms with Gasteiger partial charge in [-0.2, -0.15) is 0 Å². The molecule has 0 aliphatic rings. The van der Waals surface area contributed by atoms with Crippen molar-refractivity contribution in [1.82, 2.24) is 0 Å². The summed E-state index contributed by atoms with van der Waals surface area (Å²) in [7, 11) is 2.39. The van der Waals surface area contributed by atoms with Crippen LogP contribution >= 0.6 is 11.6 Å². The second-order valence-corrected chi connectivity index (χ2v) is 3.29. The number of hydrogen-bond acceptors (Lipinski definition) is 4. The van der Waals surface area contributed by atoms with E-state index in [0.717, 1.165) is 13.2 Å². The highest BCUT2D eigenvalue weighted by Gasteiger charge is 2.24. The molecule has 1 aromatic rings. The van der Waals surface area contributed by atoms with E-state index in [9.17, 15) is 14.3 Å².